The highest BCUT2D eigenvalue weighted by molar-refractivity contribution is 7.14. The summed E-state index contributed by atoms with van der Waals surface area (Å²) in [5.74, 6) is -3.22. The summed E-state index contributed by atoms with van der Waals surface area (Å²) in [4.78, 5) is 27.4. The fourth-order valence-corrected chi connectivity index (χ4v) is 4.89. The molecule has 10 heteroatoms. The van der Waals surface area contributed by atoms with Gasteiger partial charge < -0.3 is 14.4 Å². The van der Waals surface area contributed by atoms with Crippen molar-refractivity contribution in [2.45, 2.75) is 38.0 Å². The maximum Gasteiger partial charge on any atom is 0.424 e. The minimum Gasteiger partial charge on any atom is -0.473 e. The summed E-state index contributed by atoms with van der Waals surface area (Å²) in [5.41, 5.74) is 0.729. The van der Waals surface area contributed by atoms with Gasteiger partial charge in [0.1, 0.15) is 17.2 Å². The number of esters is 1. The molecule has 1 fully saturated rings. The van der Waals surface area contributed by atoms with Crippen LogP contribution in [0.5, 0.6) is 5.19 Å². The van der Waals surface area contributed by atoms with Gasteiger partial charge in [-0.2, -0.15) is 4.98 Å². The summed E-state index contributed by atoms with van der Waals surface area (Å²) >= 11 is 7.23. The first kappa shape index (κ1) is 20.5. The number of aliphatic carboxylic acids is 1. The van der Waals surface area contributed by atoms with Gasteiger partial charge in [0.2, 0.25) is 0 Å². The van der Waals surface area contributed by atoms with Crippen molar-refractivity contribution >= 4 is 34.9 Å². The van der Waals surface area contributed by atoms with E-state index in [9.17, 15) is 14.0 Å². The molecule has 2 heterocycles. The van der Waals surface area contributed by atoms with Gasteiger partial charge in [0.05, 0.1) is 10.6 Å². The summed E-state index contributed by atoms with van der Waals surface area (Å²) < 4.78 is 24.5. The number of thiazole rings is 1. The van der Waals surface area contributed by atoms with Crippen LogP contribution in [0, 0.1) is 5.82 Å². The van der Waals surface area contributed by atoms with Crippen LogP contribution in [0.15, 0.2) is 28.8 Å². The number of carbonyl (C=O) groups is 2. The Hall–Kier alpha value is -2.78. The first-order chi connectivity index (χ1) is 14.4. The molecule has 156 valence electrons. The fraction of sp³-hybridized carbons (Fsp3) is 0.300. The van der Waals surface area contributed by atoms with Crippen molar-refractivity contribution in [1.82, 2.24) is 10.1 Å². The van der Waals surface area contributed by atoms with Crippen LogP contribution >= 0.6 is 22.9 Å². The third-order valence-electron chi connectivity index (χ3n) is 4.93. The van der Waals surface area contributed by atoms with Crippen LogP contribution in [0.1, 0.15) is 42.9 Å². The predicted molar refractivity (Wildman–Crippen MR) is 107 cm³/mol. The van der Waals surface area contributed by atoms with Gasteiger partial charge in [0.25, 0.3) is 5.19 Å². The van der Waals surface area contributed by atoms with E-state index < -0.39 is 17.8 Å². The number of carbonyl (C=O) groups excluding carboxylic acids is 1. The average molecular weight is 451 g/mol. The van der Waals surface area contributed by atoms with E-state index in [1.807, 2.05) is 0 Å². The molecule has 0 amide bonds. The molecule has 1 N–H and O–H groups in total. The monoisotopic (exact) mass is 450 g/mol. The van der Waals surface area contributed by atoms with Gasteiger partial charge in [0.15, 0.2) is 5.76 Å². The van der Waals surface area contributed by atoms with E-state index in [-0.39, 0.29) is 33.2 Å². The van der Waals surface area contributed by atoms with E-state index in [2.05, 4.69) is 10.1 Å². The Bertz CT molecular complexity index is 1090. The number of hydrogen-bond acceptors (Lipinski definition) is 7. The van der Waals surface area contributed by atoms with Crippen LogP contribution in [0.4, 0.5) is 4.39 Å². The summed E-state index contributed by atoms with van der Waals surface area (Å²) in [7, 11) is 0. The second-order valence-electron chi connectivity index (χ2n) is 6.90. The topological polar surface area (TPSA) is 103 Å². The minimum absolute atomic E-state index is 0.0835. The third kappa shape index (κ3) is 4.08. The van der Waals surface area contributed by atoms with Gasteiger partial charge in [-0.1, -0.05) is 53.4 Å². The first-order valence-electron chi connectivity index (χ1n) is 9.31. The van der Waals surface area contributed by atoms with Crippen molar-refractivity contribution in [2.24, 2.45) is 0 Å². The molecule has 0 spiro atoms. The van der Waals surface area contributed by atoms with E-state index in [1.165, 1.54) is 18.2 Å². The zero-order valence-corrected chi connectivity index (χ0v) is 17.1. The van der Waals surface area contributed by atoms with E-state index >= 15 is 0 Å². The zero-order chi connectivity index (χ0) is 21.3. The van der Waals surface area contributed by atoms with E-state index in [4.69, 9.17) is 26.0 Å². The van der Waals surface area contributed by atoms with Crippen molar-refractivity contribution in [3.05, 3.63) is 40.0 Å². The molecule has 0 saturated heterocycles. The Morgan fingerprint density at radius 1 is 1.27 bits per heavy atom. The molecule has 1 saturated carbocycles. The van der Waals surface area contributed by atoms with Gasteiger partial charge in [-0.15, -0.1) is 0 Å². The van der Waals surface area contributed by atoms with Crippen LogP contribution in [0.25, 0.3) is 22.7 Å². The van der Waals surface area contributed by atoms with Gasteiger partial charge in [0, 0.05) is 10.9 Å². The standard InChI is InChI=1S/C20H16ClFN2O5S/c21-11-7-4-8-12(22)15(11)13-9-14(29-24-13)16-17(10-5-2-1-3-6-10)30-20(23-16)28-19(27)18(25)26/h4,7-10H,1-3,5-6H2,(H,25,26). The van der Waals surface area contributed by atoms with Gasteiger partial charge in [-0.05, 0) is 30.9 Å². The molecule has 0 unspecified atom stereocenters. The highest BCUT2D eigenvalue weighted by Crippen LogP contribution is 2.44. The lowest BCUT2D eigenvalue weighted by atomic mass is 9.87. The molecule has 0 aliphatic heterocycles. The molecule has 0 radical (unpaired) electrons. The van der Waals surface area contributed by atoms with Crippen molar-refractivity contribution in [2.75, 3.05) is 0 Å². The van der Waals surface area contributed by atoms with Crippen LogP contribution in [0.3, 0.4) is 0 Å². The molecule has 30 heavy (non-hydrogen) atoms. The number of carboxylic acids is 1. The normalized spacial score (nSPS) is 14.6. The number of hydrogen-bond donors (Lipinski definition) is 1. The molecule has 1 aliphatic rings. The lowest BCUT2D eigenvalue weighted by molar-refractivity contribution is -0.158. The highest BCUT2D eigenvalue weighted by atomic mass is 35.5. The lowest BCUT2D eigenvalue weighted by Gasteiger charge is -2.20. The van der Waals surface area contributed by atoms with Crippen LogP contribution in [-0.4, -0.2) is 27.2 Å². The molecular formula is C20H16ClFN2O5S. The van der Waals surface area contributed by atoms with Gasteiger partial charge in [-0.25, -0.2) is 14.0 Å². The third-order valence-corrected chi connectivity index (χ3v) is 6.34. The predicted octanol–water partition coefficient (Wildman–Crippen LogP) is 5.30. The van der Waals surface area contributed by atoms with Gasteiger partial charge in [-0.3, -0.25) is 0 Å². The number of ether oxygens (including phenoxy) is 1. The Morgan fingerprint density at radius 2 is 2.03 bits per heavy atom. The molecule has 1 aromatic carbocycles. The average Bonchev–Trinajstić information content (AvgIpc) is 3.36. The van der Waals surface area contributed by atoms with Crippen molar-refractivity contribution in [3.8, 4) is 27.9 Å². The van der Waals surface area contributed by atoms with Crippen LogP contribution in [0.2, 0.25) is 5.02 Å². The summed E-state index contributed by atoms with van der Waals surface area (Å²) in [6.45, 7) is 0. The second kappa shape index (κ2) is 8.53. The maximum atomic E-state index is 14.2. The molecule has 0 atom stereocenters. The minimum atomic E-state index is -1.71. The maximum absolute atomic E-state index is 14.2. The Balaban J connectivity index is 1.74. The highest BCUT2D eigenvalue weighted by Gasteiger charge is 2.28. The molecule has 2 aromatic heterocycles. The van der Waals surface area contributed by atoms with E-state index in [0.29, 0.717) is 5.69 Å². The number of benzene rings is 1. The Kier molecular flexibility index (Phi) is 5.83. The van der Waals surface area contributed by atoms with Crippen LogP contribution < -0.4 is 4.74 Å². The molecular weight excluding hydrogens is 435 g/mol. The molecule has 0 bridgehead atoms. The smallest absolute Gasteiger partial charge is 0.424 e. The lowest BCUT2D eigenvalue weighted by Crippen LogP contribution is -2.19. The Labute approximate surface area is 179 Å². The molecule has 7 nitrogen and oxygen atoms in total. The molecule has 1 aliphatic carbocycles. The SMILES string of the molecule is O=C(O)C(=O)Oc1nc(-c2cc(-c3c(F)cccc3Cl)no2)c(C2CCCCC2)s1. The fourth-order valence-electron chi connectivity index (χ4n) is 3.54. The first-order valence-corrected chi connectivity index (χ1v) is 10.5. The van der Waals surface area contributed by atoms with Crippen LogP contribution in [-0.2, 0) is 9.59 Å². The largest absolute Gasteiger partial charge is 0.473 e. The zero-order valence-electron chi connectivity index (χ0n) is 15.6. The number of halogens is 2. The van der Waals surface area contributed by atoms with Crippen molar-refractivity contribution in [1.29, 1.82) is 0 Å². The quantitative estimate of drug-likeness (QED) is 0.425. The van der Waals surface area contributed by atoms with Gasteiger partial charge >= 0.3 is 11.9 Å². The Morgan fingerprint density at radius 3 is 2.73 bits per heavy atom. The summed E-state index contributed by atoms with van der Waals surface area (Å²) in [6.07, 6.45) is 5.12. The molecule has 4 rings (SSSR count). The number of aromatic nitrogens is 2. The number of carboxylic acid groups (broad SMARTS) is 1. The second-order valence-corrected chi connectivity index (χ2v) is 8.30. The van der Waals surface area contributed by atoms with E-state index in [1.54, 1.807) is 6.07 Å². The van der Waals surface area contributed by atoms with E-state index in [0.717, 1.165) is 48.3 Å². The molecule has 3 aromatic rings. The summed E-state index contributed by atoms with van der Waals surface area (Å²) in [5, 5.41) is 12.8. The van der Waals surface area contributed by atoms with Crippen molar-refractivity contribution < 1.29 is 28.3 Å². The number of rotatable bonds is 4. The summed E-state index contributed by atoms with van der Waals surface area (Å²) in [6, 6.07) is 5.84. The number of nitrogens with zero attached hydrogens (tertiary/aromatic N) is 2. The van der Waals surface area contributed by atoms with Crippen molar-refractivity contribution in [3.63, 3.8) is 0 Å².